The van der Waals surface area contributed by atoms with E-state index < -0.39 is 0 Å². The lowest BCUT2D eigenvalue weighted by atomic mass is 10.1. The number of ether oxygens (including phenoxy) is 1. The Morgan fingerprint density at radius 2 is 2.46 bits per heavy atom. The van der Waals surface area contributed by atoms with Crippen LogP contribution in [0.15, 0.2) is 11.6 Å². The first kappa shape index (κ1) is 10.7. The van der Waals surface area contributed by atoms with Gasteiger partial charge in [0, 0.05) is 32.8 Å². The highest BCUT2D eigenvalue weighted by Crippen LogP contribution is 2.08. The van der Waals surface area contributed by atoms with Gasteiger partial charge in [0.2, 0.25) is 0 Å². The molecule has 0 aromatic rings. The summed E-state index contributed by atoms with van der Waals surface area (Å²) < 4.78 is 5.01. The molecule has 1 heterocycles. The lowest BCUT2D eigenvalue weighted by Gasteiger charge is -2.28. The van der Waals surface area contributed by atoms with Crippen LogP contribution >= 0.6 is 0 Å². The highest BCUT2D eigenvalue weighted by atomic mass is 16.5. The summed E-state index contributed by atoms with van der Waals surface area (Å²) in [6.45, 7) is 5.97. The van der Waals surface area contributed by atoms with E-state index in [9.17, 15) is 0 Å². The van der Waals surface area contributed by atoms with E-state index in [1.54, 1.807) is 7.11 Å². The first-order valence-electron chi connectivity index (χ1n) is 4.85. The summed E-state index contributed by atoms with van der Waals surface area (Å²) in [6, 6.07) is 0.149. The Kier molecular flexibility index (Phi) is 4.42. The summed E-state index contributed by atoms with van der Waals surface area (Å²) in [4.78, 5) is 2.39. The molecule has 2 N–H and O–H groups in total. The van der Waals surface area contributed by atoms with Gasteiger partial charge in [0.05, 0.1) is 6.61 Å². The molecule has 1 unspecified atom stereocenters. The lowest BCUT2D eigenvalue weighted by molar-refractivity contribution is 0.155. The number of rotatable bonds is 4. The van der Waals surface area contributed by atoms with Crippen molar-refractivity contribution in [3.63, 3.8) is 0 Å². The Labute approximate surface area is 80.5 Å². The third kappa shape index (κ3) is 3.89. The molecule has 0 fully saturated rings. The van der Waals surface area contributed by atoms with Crippen LogP contribution in [0.3, 0.4) is 0 Å². The zero-order chi connectivity index (χ0) is 9.68. The van der Waals surface area contributed by atoms with Crippen molar-refractivity contribution >= 4 is 0 Å². The standard InChI is InChI=1S/C10H20N2O/c1-9-4-3-5-12(6-9)7-10(11)8-13-2/h4,10H,3,5-8,11H2,1-2H3. The minimum Gasteiger partial charge on any atom is -0.383 e. The van der Waals surface area contributed by atoms with Gasteiger partial charge in [-0.25, -0.2) is 0 Å². The van der Waals surface area contributed by atoms with Gasteiger partial charge in [0.1, 0.15) is 0 Å². The summed E-state index contributed by atoms with van der Waals surface area (Å²) >= 11 is 0. The van der Waals surface area contributed by atoms with E-state index >= 15 is 0 Å². The van der Waals surface area contributed by atoms with Crippen molar-refractivity contribution in [3.05, 3.63) is 11.6 Å². The van der Waals surface area contributed by atoms with E-state index in [1.165, 1.54) is 5.57 Å². The normalized spacial score (nSPS) is 21.3. The average Bonchev–Trinajstić information content (AvgIpc) is 2.04. The maximum Gasteiger partial charge on any atom is 0.0626 e. The van der Waals surface area contributed by atoms with E-state index in [-0.39, 0.29) is 6.04 Å². The predicted molar refractivity (Wildman–Crippen MR) is 54.7 cm³/mol. The Balaban J connectivity index is 2.25. The molecule has 0 aromatic heterocycles. The van der Waals surface area contributed by atoms with Gasteiger partial charge < -0.3 is 10.5 Å². The van der Waals surface area contributed by atoms with E-state index in [0.717, 1.165) is 26.1 Å². The third-order valence-corrected chi connectivity index (χ3v) is 2.28. The SMILES string of the molecule is COCC(N)CN1CCC=C(C)C1. The Morgan fingerprint density at radius 3 is 3.08 bits per heavy atom. The first-order chi connectivity index (χ1) is 6.22. The fraction of sp³-hybridized carbons (Fsp3) is 0.800. The molecule has 1 aliphatic heterocycles. The summed E-state index contributed by atoms with van der Waals surface area (Å²) in [6.07, 6.45) is 3.46. The van der Waals surface area contributed by atoms with E-state index in [1.807, 2.05) is 0 Å². The molecule has 0 bridgehead atoms. The van der Waals surface area contributed by atoms with Crippen molar-refractivity contribution in [1.29, 1.82) is 0 Å². The second-order valence-electron chi connectivity index (χ2n) is 3.79. The third-order valence-electron chi connectivity index (χ3n) is 2.28. The molecule has 0 saturated carbocycles. The monoisotopic (exact) mass is 184 g/mol. The van der Waals surface area contributed by atoms with E-state index in [0.29, 0.717) is 6.61 Å². The molecule has 1 atom stereocenters. The van der Waals surface area contributed by atoms with Gasteiger partial charge in [-0.3, -0.25) is 4.90 Å². The van der Waals surface area contributed by atoms with Crippen LogP contribution < -0.4 is 5.73 Å². The van der Waals surface area contributed by atoms with Crippen LogP contribution in [0.25, 0.3) is 0 Å². The summed E-state index contributed by atoms with van der Waals surface area (Å²) in [5.41, 5.74) is 7.33. The highest BCUT2D eigenvalue weighted by molar-refractivity contribution is 5.04. The summed E-state index contributed by atoms with van der Waals surface area (Å²) in [5, 5.41) is 0. The van der Waals surface area contributed by atoms with Crippen LogP contribution in [0.2, 0.25) is 0 Å². The molecule has 0 amide bonds. The van der Waals surface area contributed by atoms with E-state index in [4.69, 9.17) is 10.5 Å². The maximum atomic E-state index is 5.87. The van der Waals surface area contributed by atoms with Gasteiger partial charge in [-0.05, 0) is 13.3 Å². The van der Waals surface area contributed by atoms with Crippen molar-refractivity contribution < 1.29 is 4.74 Å². The number of hydrogen-bond acceptors (Lipinski definition) is 3. The fourth-order valence-corrected chi connectivity index (χ4v) is 1.74. The zero-order valence-electron chi connectivity index (χ0n) is 8.62. The van der Waals surface area contributed by atoms with Gasteiger partial charge >= 0.3 is 0 Å². The molecule has 1 rings (SSSR count). The van der Waals surface area contributed by atoms with Crippen molar-refractivity contribution in [2.75, 3.05) is 33.4 Å². The van der Waals surface area contributed by atoms with Crippen LogP contribution in [0.5, 0.6) is 0 Å². The van der Waals surface area contributed by atoms with Crippen molar-refractivity contribution in [2.45, 2.75) is 19.4 Å². The quantitative estimate of drug-likeness (QED) is 0.651. The molecular weight excluding hydrogens is 164 g/mol. The average molecular weight is 184 g/mol. The second kappa shape index (κ2) is 5.37. The Morgan fingerprint density at radius 1 is 1.69 bits per heavy atom. The molecule has 0 aliphatic carbocycles. The molecule has 0 saturated heterocycles. The fourth-order valence-electron chi connectivity index (χ4n) is 1.74. The van der Waals surface area contributed by atoms with Gasteiger partial charge in [0.25, 0.3) is 0 Å². The minimum absolute atomic E-state index is 0.149. The van der Waals surface area contributed by atoms with Gasteiger partial charge in [-0.15, -0.1) is 0 Å². The smallest absolute Gasteiger partial charge is 0.0626 e. The maximum absolute atomic E-state index is 5.87. The van der Waals surface area contributed by atoms with Crippen LogP contribution in [-0.4, -0.2) is 44.3 Å². The molecule has 0 radical (unpaired) electrons. The molecular formula is C10H20N2O. The van der Waals surface area contributed by atoms with Crippen LogP contribution in [-0.2, 0) is 4.74 Å². The Bertz CT molecular complexity index is 180. The molecule has 3 heteroatoms. The molecule has 13 heavy (non-hydrogen) atoms. The van der Waals surface area contributed by atoms with Crippen molar-refractivity contribution in [1.82, 2.24) is 4.90 Å². The molecule has 0 aromatic carbocycles. The number of nitrogens with zero attached hydrogens (tertiary/aromatic N) is 1. The minimum atomic E-state index is 0.149. The number of hydrogen-bond donors (Lipinski definition) is 1. The van der Waals surface area contributed by atoms with Gasteiger partial charge in [0.15, 0.2) is 0 Å². The van der Waals surface area contributed by atoms with Crippen LogP contribution in [0.4, 0.5) is 0 Å². The van der Waals surface area contributed by atoms with E-state index in [2.05, 4.69) is 17.9 Å². The van der Waals surface area contributed by atoms with Crippen LogP contribution in [0.1, 0.15) is 13.3 Å². The molecule has 76 valence electrons. The lowest BCUT2D eigenvalue weighted by Crippen LogP contribution is -2.42. The van der Waals surface area contributed by atoms with Crippen molar-refractivity contribution in [2.24, 2.45) is 5.73 Å². The van der Waals surface area contributed by atoms with Gasteiger partial charge in [-0.2, -0.15) is 0 Å². The summed E-state index contributed by atoms with van der Waals surface area (Å²) in [5.74, 6) is 0. The van der Waals surface area contributed by atoms with Crippen molar-refractivity contribution in [3.8, 4) is 0 Å². The Hall–Kier alpha value is -0.380. The number of nitrogens with two attached hydrogens (primary N) is 1. The van der Waals surface area contributed by atoms with Crippen LogP contribution in [0, 0.1) is 0 Å². The molecule has 0 spiro atoms. The topological polar surface area (TPSA) is 38.5 Å². The highest BCUT2D eigenvalue weighted by Gasteiger charge is 2.12. The first-order valence-corrected chi connectivity index (χ1v) is 4.85. The summed E-state index contributed by atoms with van der Waals surface area (Å²) in [7, 11) is 1.70. The predicted octanol–water partition coefficient (Wildman–Crippen LogP) is 0.612. The number of methoxy groups -OCH3 is 1. The van der Waals surface area contributed by atoms with Gasteiger partial charge in [-0.1, -0.05) is 11.6 Å². The zero-order valence-corrected chi connectivity index (χ0v) is 8.62. The molecule has 1 aliphatic rings. The second-order valence-corrected chi connectivity index (χ2v) is 3.79. The largest absolute Gasteiger partial charge is 0.383 e. The molecule has 3 nitrogen and oxygen atoms in total.